The number of nitrogens with zero attached hydrogens (tertiary/aromatic N) is 1. The Bertz CT molecular complexity index is 171. The normalized spacial score (nSPS) is 14.9. The molecular weight excluding hydrogens is 242 g/mol. The van der Waals surface area contributed by atoms with E-state index >= 15 is 0 Å². The van der Waals surface area contributed by atoms with Crippen molar-refractivity contribution in [2.75, 3.05) is 13.6 Å². The van der Waals surface area contributed by atoms with Crippen molar-refractivity contribution in [1.82, 2.24) is 4.90 Å². The molecule has 0 aliphatic carbocycles. The molecule has 0 N–H and O–H groups in total. The summed E-state index contributed by atoms with van der Waals surface area (Å²) >= 11 is 3.48. The first kappa shape index (κ1) is 13.9. The molecule has 2 nitrogen and oxygen atoms in total. The van der Waals surface area contributed by atoms with Gasteiger partial charge in [-0.1, -0.05) is 43.1 Å². The Labute approximate surface area is 96.2 Å². The molecular formula is C11H22BrNO. The standard InChI is InChI=1S/C11H22BrNO/c1-5-6-9(2)11(14)13(4)8-7-10(3)12/h9-10H,5-8H2,1-4H3. The molecule has 0 bridgehead atoms. The molecule has 84 valence electrons. The molecule has 2 unspecified atom stereocenters. The fraction of sp³-hybridized carbons (Fsp3) is 0.909. The van der Waals surface area contributed by atoms with Crippen molar-refractivity contribution in [1.29, 1.82) is 0 Å². The Kier molecular flexibility index (Phi) is 7.24. The van der Waals surface area contributed by atoms with Crippen LogP contribution >= 0.6 is 15.9 Å². The number of carbonyl (C=O) groups is 1. The van der Waals surface area contributed by atoms with Crippen LogP contribution in [0.5, 0.6) is 0 Å². The molecule has 14 heavy (non-hydrogen) atoms. The molecule has 0 aromatic heterocycles. The summed E-state index contributed by atoms with van der Waals surface area (Å²) in [6.07, 6.45) is 3.09. The largest absolute Gasteiger partial charge is 0.345 e. The highest BCUT2D eigenvalue weighted by Crippen LogP contribution is 2.10. The maximum atomic E-state index is 11.8. The van der Waals surface area contributed by atoms with Crippen LogP contribution in [0.4, 0.5) is 0 Å². The lowest BCUT2D eigenvalue weighted by atomic mass is 10.0. The van der Waals surface area contributed by atoms with Gasteiger partial charge in [0, 0.05) is 24.3 Å². The van der Waals surface area contributed by atoms with Gasteiger partial charge in [0.25, 0.3) is 0 Å². The van der Waals surface area contributed by atoms with Crippen LogP contribution in [0.2, 0.25) is 0 Å². The Morgan fingerprint density at radius 1 is 1.36 bits per heavy atom. The smallest absolute Gasteiger partial charge is 0.225 e. The van der Waals surface area contributed by atoms with Gasteiger partial charge in [0.05, 0.1) is 0 Å². The molecule has 0 saturated heterocycles. The summed E-state index contributed by atoms with van der Waals surface area (Å²) in [6, 6.07) is 0. The van der Waals surface area contributed by atoms with Crippen LogP contribution in [0, 0.1) is 5.92 Å². The molecule has 0 radical (unpaired) electrons. The Morgan fingerprint density at radius 2 is 1.93 bits per heavy atom. The lowest BCUT2D eigenvalue weighted by Crippen LogP contribution is -2.33. The summed E-state index contributed by atoms with van der Waals surface area (Å²) in [5.41, 5.74) is 0. The molecule has 0 rings (SSSR count). The predicted octanol–water partition coefficient (Wildman–Crippen LogP) is 3.05. The number of hydrogen-bond acceptors (Lipinski definition) is 1. The quantitative estimate of drug-likeness (QED) is 0.675. The highest BCUT2D eigenvalue weighted by atomic mass is 79.9. The van der Waals surface area contributed by atoms with E-state index in [4.69, 9.17) is 0 Å². The first-order chi connectivity index (χ1) is 6.49. The molecule has 2 atom stereocenters. The van der Waals surface area contributed by atoms with Crippen molar-refractivity contribution in [3.8, 4) is 0 Å². The van der Waals surface area contributed by atoms with Crippen molar-refractivity contribution in [2.45, 2.75) is 44.9 Å². The third-order valence-corrected chi connectivity index (χ3v) is 2.84. The van der Waals surface area contributed by atoms with E-state index in [0.717, 1.165) is 25.8 Å². The zero-order valence-electron chi connectivity index (χ0n) is 9.72. The van der Waals surface area contributed by atoms with E-state index < -0.39 is 0 Å². The molecule has 0 aliphatic heterocycles. The lowest BCUT2D eigenvalue weighted by Gasteiger charge is -2.21. The number of carbonyl (C=O) groups excluding carboxylic acids is 1. The SMILES string of the molecule is CCCC(C)C(=O)N(C)CCC(C)Br. The van der Waals surface area contributed by atoms with Crippen LogP contribution in [0.15, 0.2) is 0 Å². The van der Waals surface area contributed by atoms with Crippen LogP contribution < -0.4 is 0 Å². The zero-order valence-corrected chi connectivity index (χ0v) is 11.3. The van der Waals surface area contributed by atoms with Crippen LogP contribution in [-0.4, -0.2) is 29.2 Å². The second-order valence-electron chi connectivity index (χ2n) is 4.02. The minimum Gasteiger partial charge on any atom is -0.345 e. The van der Waals surface area contributed by atoms with Gasteiger partial charge in [0.15, 0.2) is 0 Å². The Balaban J connectivity index is 3.86. The van der Waals surface area contributed by atoms with Crippen molar-refractivity contribution in [2.24, 2.45) is 5.92 Å². The van der Waals surface area contributed by atoms with E-state index in [9.17, 15) is 4.79 Å². The van der Waals surface area contributed by atoms with Crippen molar-refractivity contribution >= 4 is 21.8 Å². The maximum absolute atomic E-state index is 11.8. The van der Waals surface area contributed by atoms with Gasteiger partial charge in [-0.2, -0.15) is 0 Å². The molecule has 0 aromatic rings. The van der Waals surface area contributed by atoms with E-state index in [1.165, 1.54) is 0 Å². The van der Waals surface area contributed by atoms with Gasteiger partial charge in [0.1, 0.15) is 0 Å². The van der Waals surface area contributed by atoms with Gasteiger partial charge in [-0.25, -0.2) is 0 Å². The van der Waals surface area contributed by atoms with Gasteiger partial charge in [-0.15, -0.1) is 0 Å². The second kappa shape index (κ2) is 7.27. The molecule has 1 amide bonds. The summed E-state index contributed by atoms with van der Waals surface area (Å²) < 4.78 is 0. The number of hydrogen-bond donors (Lipinski definition) is 0. The number of alkyl halides is 1. The lowest BCUT2D eigenvalue weighted by molar-refractivity contribution is -0.133. The van der Waals surface area contributed by atoms with Crippen molar-refractivity contribution in [3.05, 3.63) is 0 Å². The van der Waals surface area contributed by atoms with Crippen LogP contribution in [-0.2, 0) is 4.79 Å². The number of halogens is 1. The van der Waals surface area contributed by atoms with Gasteiger partial charge < -0.3 is 4.90 Å². The highest BCUT2D eigenvalue weighted by Gasteiger charge is 2.16. The van der Waals surface area contributed by atoms with Gasteiger partial charge in [0.2, 0.25) is 5.91 Å². The predicted molar refractivity (Wildman–Crippen MR) is 64.7 cm³/mol. The van der Waals surface area contributed by atoms with Crippen molar-refractivity contribution in [3.63, 3.8) is 0 Å². The highest BCUT2D eigenvalue weighted by molar-refractivity contribution is 9.09. The molecule has 0 aromatic carbocycles. The van der Waals surface area contributed by atoms with E-state index in [1.54, 1.807) is 0 Å². The summed E-state index contributed by atoms with van der Waals surface area (Å²) in [4.78, 5) is 14.1. The second-order valence-corrected chi connectivity index (χ2v) is 5.58. The van der Waals surface area contributed by atoms with Crippen LogP contribution in [0.1, 0.15) is 40.0 Å². The fourth-order valence-electron chi connectivity index (χ4n) is 1.41. The molecule has 0 aliphatic rings. The minimum absolute atomic E-state index is 0.177. The number of rotatable bonds is 6. The van der Waals surface area contributed by atoms with Gasteiger partial charge in [-0.3, -0.25) is 4.79 Å². The Hall–Kier alpha value is -0.0500. The molecule has 0 spiro atoms. The van der Waals surface area contributed by atoms with Gasteiger partial charge >= 0.3 is 0 Å². The van der Waals surface area contributed by atoms with Crippen LogP contribution in [0.25, 0.3) is 0 Å². The molecule has 0 fully saturated rings. The Morgan fingerprint density at radius 3 is 2.36 bits per heavy atom. The first-order valence-corrected chi connectivity index (χ1v) is 6.29. The summed E-state index contributed by atoms with van der Waals surface area (Å²) in [7, 11) is 1.89. The first-order valence-electron chi connectivity index (χ1n) is 5.38. The average molecular weight is 264 g/mol. The minimum atomic E-state index is 0.177. The maximum Gasteiger partial charge on any atom is 0.225 e. The molecule has 3 heteroatoms. The average Bonchev–Trinajstić information content (AvgIpc) is 2.13. The molecule has 0 heterocycles. The zero-order chi connectivity index (χ0) is 11.1. The summed E-state index contributed by atoms with van der Waals surface area (Å²) in [5, 5.41) is 0. The van der Waals surface area contributed by atoms with Crippen molar-refractivity contribution < 1.29 is 4.79 Å². The van der Waals surface area contributed by atoms with E-state index in [2.05, 4.69) is 29.8 Å². The summed E-state index contributed by atoms with van der Waals surface area (Å²) in [6.45, 7) is 7.08. The topological polar surface area (TPSA) is 20.3 Å². The van der Waals surface area contributed by atoms with E-state index in [0.29, 0.717) is 4.83 Å². The molecule has 0 saturated carbocycles. The third kappa shape index (κ3) is 5.63. The monoisotopic (exact) mass is 263 g/mol. The third-order valence-electron chi connectivity index (χ3n) is 2.38. The fourth-order valence-corrected chi connectivity index (χ4v) is 1.62. The van der Waals surface area contributed by atoms with Gasteiger partial charge in [-0.05, 0) is 12.8 Å². The number of amides is 1. The summed E-state index contributed by atoms with van der Waals surface area (Å²) in [5.74, 6) is 0.454. The van der Waals surface area contributed by atoms with E-state index in [1.807, 2.05) is 18.9 Å². The van der Waals surface area contributed by atoms with E-state index in [-0.39, 0.29) is 11.8 Å². The van der Waals surface area contributed by atoms with Crippen LogP contribution in [0.3, 0.4) is 0 Å².